The van der Waals surface area contributed by atoms with Gasteiger partial charge in [-0.25, -0.2) is 0 Å². The summed E-state index contributed by atoms with van der Waals surface area (Å²) in [5, 5.41) is 13.5. The van der Waals surface area contributed by atoms with Crippen LogP contribution in [0.1, 0.15) is 26.3 Å². The van der Waals surface area contributed by atoms with Gasteiger partial charge in [-0.2, -0.15) is 0 Å². The van der Waals surface area contributed by atoms with Gasteiger partial charge in [0.05, 0.1) is 12.1 Å². The minimum absolute atomic E-state index is 0.0939. The topological polar surface area (TPSA) is 35.5 Å². The van der Waals surface area contributed by atoms with Crippen LogP contribution >= 0.6 is 11.6 Å². The van der Waals surface area contributed by atoms with Crippen molar-refractivity contribution in [2.75, 3.05) is 25.1 Å². The van der Waals surface area contributed by atoms with Gasteiger partial charge in [0.15, 0.2) is 0 Å². The molecule has 0 unspecified atom stereocenters. The third-order valence-electron chi connectivity index (χ3n) is 3.27. The Balaban J connectivity index is 3.08. The molecule has 1 rings (SSSR count). The first-order chi connectivity index (χ1) is 8.42. The van der Waals surface area contributed by atoms with Crippen molar-refractivity contribution in [3.63, 3.8) is 0 Å². The fraction of sp³-hybridized carbons (Fsp3) is 0.571. The molecule has 0 radical (unpaired) electrons. The molecule has 1 aromatic carbocycles. The lowest BCUT2D eigenvalue weighted by atomic mass is 10.0. The van der Waals surface area contributed by atoms with Crippen molar-refractivity contribution in [3.05, 3.63) is 28.8 Å². The average molecular weight is 271 g/mol. The first-order valence-corrected chi connectivity index (χ1v) is 6.64. The Hall–Kier alpha value is -0.770. The zero-order valence-electron chi connectivity index (χ0n) is 11.6. The zero-order chi connectivity index (χ0) is 13.8. The number of hydrogen-bond donors (Lipinski definition) is 2. The smallest absolute Gasteiger partial charge is 0.0658 e. The van der Waals surface area contributed by atoms with Crippen molar-refractivity contribution < 1.29 is 5.11 Å². The van der Waals surface area contributed by atoms with Gasteiger partial charge in [-0.3, -0.25) is 0 Å². The van der Waals surface area contributed by atoms with Crippen molar-refractivity contribution in [2.24, 2.45) is 0 Å². The molecule has 4 heteroatoms. The second-order valence-corrected chi connectivity index (χ2v) is 5.52. The fourth-order valence-electron chi connectivity index (χ4n) is 1.69. The normalized spacial score (nSPS) is 11.7. The molecule has 0 saturated carbocycles. The molecular formula is C14H23ClN2O. The summed E-state index contributed by atoms with van der Waals surface area (Å²) in [7, 11) is 1.98. The van der Waals surface area contributed by atoms with E-state index in [9.17, 15) is 5.11 Å². The Labute approximate surface area is 115 Å². The van der Waals surface area contributed by atoms with Crippen molar-refractivity contribution in [1.29, 1.82) is 0 Å². The second kappa shape index (κ2) is 6.41. The van der Waals surface area contributed by atoms with E-state index in [1.165, 1.54) is 5.56 Å². The van der Waals surface area contributed by atoms with Gasteiger partial charge in [-0.1, -0.05) is 24.6 Å². The molecule has 0 bridgehead atoms. The van der Waals surface area contributed by atoms with E-state index in [4.69, 9.17) is 11.6 Å². The highest BCUT2D eigenvalue weighted by Gasteiger charge is 2.24. The molecule has 0 aliphatic heterocycles. The van der Waals surface area contributed by atoms with Crippen LogP contribution in [0.15, 0.2) is 18.2 Å². The van der Waals surface area contributed by atoms with E-state index in [1.807, 2.05) is 39.1 Å². The first kappa shape index (κ1) is 15.3. The maximum Gasteiger partial charge on any atom is 0.0658 e. The van der Waals surface area contributed by atoms with Gasteiger partial charge in [0.2, 0.25) is 0 Å². The Morgan fingerprint density at radius 1 is 1.39 bits per heavy atom. The number of rotatable bonds is 6. The lowest BCUT2D eigenvalue weighted by molar-refractivity contribution is 0.216. The highest BCUT2D eigenvalue weighted by Crippen LogP contribution is 2.29. The predicted octanol–water partition coefficient (Wildman–Crippen LogP) is 2.66. The molecule has 0 heterocycles. The van der Waals surface area contributed by atoms with Gasteiger partial charge in [0.25, 0.3) is 0 Å². The molecule has 18 heavy (non-hydrogen) atoms. The molecule has 2 N–H and O–H groups in total. The van der Waals surface area contributed by atoms with E-state index < -0.39 is 0 Å². The van der Waals surface area contributed by atoms with Gasteiger partial charge in [-0.05, 0) is 38.1 Å². The minimum atomic E-state index is -0.314. The van der Waals surface area contributed by atoms with Crippen molar-refractivity contribution >= 4 is 17.3 Å². The molecular weight excluding hydrogens is 248 g/mol. The number of nitrogens with zero attached hydrogens (tertiary/aromatic N) is 1. The molecule has 0 saturated heterocycles. The monoisotopic (exact) mass is 270 g/mol. The number of aliphatic hydroxyl groups excluding tert-OH is 1. The Morgan fingerprint density at radius 3 is 2.61 bits per heavy atom. The van der Waals surface area contributed by atoms with Crippen molar-refractivity contribution in [1.82, 2.24) is 5.32 Å². The maximum atomic E-state index is 9.47. The number of benzene rings is 1. The first-order valence-electron chi connectivity index (χ1n) is 6.26. The maximum absolute atomic E-state index is 9.47. The Morgan fingerprint density at radius 2 is 2.06 bits per heavy atom. The minimum Gasteiger partial charge on any atom is -0.394 e. The van der Waals surface area contributed by atoms with E-state index >= 15 is 0 Å². The lowest BCUT2D eigenvalue weighted by Gasteiger charge is -2.37. The van der Waals surface area contributed by atoms with Gasteiger partial charge in [0.1, 0.15) is 0 Å². The molecule has 0 aromatic heterocycles. The number of halogens is 1. The third-order valence-corrected chi connectivity index (χ3v) is 3.50. The van der Waals surface area contributed by atoms with Crippen LogP contribution in [0, 0.1) is 0 Å². The summed E-state index contributed by atoms with van der Waals surface area (Å²) in [5.41, 5.74) is 1.93. The largest absolute Gasteiger partial charge is 0.394 e. The highest BCUT2D eigenvalue weighted by atomic mass is 35.5. The summed E-state index contributed by atoms with van der Waals surface area (Å²) in [6, 6.07) is 5.88. The average Bonchev–Trinajstić information content (AvgIpc) is 2.36. The molecule has 1 aromatic rings. The van der Waals surface area contributed by atoms with E-state index in [0.29, 0.717) is 5.02 Å². The van der Waals surface area contributed by atoms with Gasteiger partial charge in [-0.15, -0.1) is 0 Å². The molecule has 3 nitrogen and oxygen atoms in total. The third kappa shape index (κ3) is 3.61. The molecule has 0 aliphatic rings. The van der Waals surface area contributed by atoms with Crippen molar-refractivity contribution in [2.45, 2.75) is 32.9 Å². The quantitative estimate of drug-likeness (QED) is 0.834. The van der Waals surface area contributed by atoms with Crippen LogP contribution in [0.2, 0.25) is 5.02 Å². The molecule has 102 valence electrons. The van der Waals surface area contributed by atoms with Crippen LogP contribution in [0.3, 0.4) is 0 Å². The SMILES string of the molecule is CCNCc1ccc(Cl)cc1N(C)C(C)(C)CO. The number of nitrogens with one attached hydrogen (secondary N) is 1. The fourth-order valence-corrected chi connectivity index (χ4v) is 1.86. The number of anilines is 1. The summed E-state index contributed by atoms with van der Waals surface area (Å²) in [6.45, 7) is 7.91. The van der Waals surface area contributed by atoms with Crippen LogP contribution in [-0.2, 0) is 6.54 Å². The van der Waals surface area contributed by atoms with Crippen LogP contribution in [0.25, 0.3) is 0 Å². The molecule has 0 spiro atoms. The van der Waals surface area contributed by atoms with E-state index in [2.05, 4.69) is 17.1 Å². The Kier molecular flexibility index (Phi) is 5.45. The molecule has 0 atom stereocenters. The van der Waals surface area contributed by atoms with Gasteiger partial charge >= 0.3 is 0 Å². The summed E-state index contributed by atoms with van der Waals surface area (Å²) in [6.07, 6.45) is 0. The summed E-state index contributed by atoms with van der Waals surface area (Å²) < 4.78 is 0. The number of likely N-dealkylation sites (N-methyl/N-ethyl adjacent to an activating group) is 1. The van der Waals surface area contributed by atoms with Crippen LogP contribution in [-0.4, -0.2) is 30.8 Å². The molecule has 0 aliphatic carbocycles. The zero-order valence-corrected chi connectivity index (χ0v) is 12.4. The van der Waals surface area contributed by atoms with Crippen molar-refractivity contribution in [3.8, 4) is 0 Å². The molecule has 0 fully saturated rings. The highest BCUT2D eigenvalue weighted by molar-refractivity contribution is 6.30. The number of aliphatic hydroxyl groups is 1. The Bertz CT molecular complexity index is 393. The summed E-state index contributed by atoms with van der Waals surface area (Å²) >= 11 is 6.08. The van der Waals surface area contributed by atoms with E-state index in [-0.39, 0.29) is 12.1 Å². The predicted molar refractivity (Wildman–Crippen MR) is 78.4 cm³/mol. The van der Waals surface area contributed by atoms with Crippen LogP contribution in [0.5, 0.6) is 0 Å². The van der Waals surface area contributed by atoms with E-state index in [1.54, 1.807) is 0 Å². The van der Waals surface area contributed by atoms with Gasteiger partial charge < -0.3 is 15.3 Å². The van der Waals surface area contributed by atoms with E-state index in [0.717, 1.165) is 18.8 Å². The number of hydrogen-bond acceptors (Lipinski definition) is 3. The van der Waals surface area contributed by atoms with Crippen LogP contribution < -0.4 is 10.2 Å². The van der Waals surface area contributed by atoms with Gasteiger partial charge in [0, 0.05) is 24.3 Å². The molecule has 0 amide bonds. The summed E-state index contributed by atoms with van der Waals surface area (Å²) in [4.78, 5) is 2.07. The van der Waals surface area contributed by atoms with Crippen LogP contribution in [0.4, 0.5) is 5.69 Å². The summed E-state index contributed by atoms with van der Waals surface area (Å²) in [5.74, 6) is 0. The second-order valence-electron chi connectivity index (χ2n) is 5.08. The standard InChI is InChI=1S/C14H23ClN2O/c1-5-16-9-11-6-7-12(15)8-13(11)17(4)14(2,3)10-18/h6-8,16,18H,5,9-10H2,1-4H3. The lowest BCUT2D eigenvalue weighted by Crippen LogP contribution is -2.45.